The van der Waals surface area contributed by atoms with Gasteiger partial charge < -0.3 is 5.32 Å². The lowest BCUT2D eigenvalue weighted by atomic mass is 10.1. The summed E-state index contributed by atoms with van der Waals surface area (Å²) in [6, 6.07) is 2.94. The molecule has 3 heteroatoms. The van der Waals surface area contributed by atoms with Crippen molar-refractivity contribution < 1.29 is 0 Å². The Hall–Kier alpha value is -0.380. The van der Waals surface area contributed by atoms with Gasteiger partial charge in [0.2, 0.25) is 0 Å². The number of hydrogen-bond donors (Lipinski definition) is 1. The van der Waals surface area contributed by atoms with Gasteiger partial charge in [0.15, 0.2) is 0 Å². The van der Waals surface area contributed by atoms with E-state index in [-0.39, 0.29) is 0 Å². The molecule has 90 valence electrons. The predicted molar refractivity (Wildman–Crippen MR) is 71.1 cm³/mol. The molecule has 0 saturated carbocycles. The molecular formula is C13H22N2S. The Morgan fingerprint density at radius 1 is 1.56 bits per heavy atom. The average Bonchev–Trinajstić information content (AvgIpc) is 2.76. The first kappa shape index (κ1) is 12.1. The maximum Gasteiger partial charge on any atom is 0.0245 e. The molecular weight excluding hydrogens is 216 g/mol. The van der Waals surface area contributed by atoms with Gasteiger partial charge in [0.1, 0.15) is 0 Å². The van der Waals surface area contributed by atoms with Crippen LogP contribution in [0, 0.1) is 0 Å². The summed E-state index contributed by atoms with van der Waals surface area (Å²) < 4.78 is 0. The first-order valence-corrected chi connectivity index (χ1v) is 7.18. The van der Waals surface area contributed by atoms with Gasteiger partial charge in [0.05, 0.1) is 0 Å². The maximum atomic E-state index is 3.56. The summed E-state index contributed by atoms with van der Waals surface area (Å²) in [6.07, 6.45) is 2.46. The van der Waals surface area contributed by atoms with Crippen molar-refractivity contribution in [3.05, 3.63) is 21.9 Å². The molecule has 1 aromatic heterocycles. The summed E-state index contributed by atoms with van der Waals surface area (Å²) in [5.74, 6) is 0. The van der Waals surface area contributed by atoms with Gasteiger partial charge in [-0.15, -0.1) is 11.3 Å². The van der Waals surface area contributed by atoms with Gasteiger partial charge in [-0.3, -0.25) is 4.90 Å². The van der Waals surface area contributed by atoms with E-state index in [1.807, 2.05) is 11.3 Å². The van der Waals surface area contributed by atoms with Gasteiger partial charge in [-0.25, -0.2) is 0 Å². The largest absolute Gasteiger partial charge is 0.313 e. The van der Waals surface area contributed by atoms with Crippen LogP contribution < -0.4 is 5.32 Å². The smallest absolute Gasteiger partial charge is 0.0245 e. The summed E-state index contributed by atoms with van der Waals surface area (Å²) >= 11 is 1.92. The second-order valence-corrected chi connectivity index (χ2v) is 5.66. The standard InChI is InChI=1S/C13H22N2S/c1-3-11(2)14-6-8-15-7-4-13-12(10-15)5-9-16-13/h5,9,11,14H,3-4,6-8,10H2,1-2H3. The lowest BCUT2D eigenvalue weighted by molar-refractivity contribution is 0.252. The minimum atomic E-state index is 0.654. The predicted octanol–water partition coefficient (Wildman–Crippen LogP) is 2.49. The molecule has 1 aliphatic rings. The molecule has 1 aromatic rings. The average molecular weight is 238 g/mol. The van der Waals surface area contributed by atoms with E-state index in [9.17, 15) is 0 Å². The summed E-state index contributed by atoms with van der Waals surface area (Å²) in [6.45, 7) is 9.17. The molecule has 2 nitrogen and oxygen atoms in total. The van der Waals surface area contributed by atoms with Crippen LogP contribution in [0.5, 0.6) is 0 Å². The summed E-state index contributed by atoms with van der Waals surface area (Å²) in [5.41, 5.74) is 1.56. The quantitative estimate of drug-likeness (QED) is 0.848. The van der Waals surface area contributed by atoms with Gasteiger partial charge in [-0.1, -0.05) is 6.92 Å². The fraction of sp³-hybridized carbons (Fsp3) is 0.692. The number of rotatable bonds is 5. The second-order valence-electron chi connectivity index (χ2n) is 4.66. The molecule has 0 spiro atoms. The molecule has 2 rings (SSSR count). The Kier molecular flexibility index (Phi) is 4.38. The zero-order valence-corrected chi connectivity index (χ0v) is 11.1. The number of nitrogens with zero attached hydrogens (tertiary/aromatic N) is 1. The Morgan fingerprint density at radius 2 is 2.44 bits per heavy atom. The maximum absolute atomic E-state index is 3.56. The number of hydrogen-bond acceptors (Lipinski definition) is 3. The molecule has 0 saturated heterocycles. The van der Waals surface area contributed by atoms with E-state index in [1.54, 1.807) is 10.4 Å². The van der Waals surface area contributed by atoms with Gasteiger partial charge in [-0.05, 0) is 36.8 Å². The van der Waals surface area contributed by atoms with Crippen molar-refractivity contribution in [1.82, 2.24) is 10.2 Å². The molecule has 1 aliphatic heterocycles. The normalized spacial score (nSPS) is 18.4. The SMILES string of the molecule is CCC(C)NCCN1CCc2sccc2C1. The fourth-order valence-electron chi connectivity index (χ4n) is 2.11. The van der Waals surface area contributed by atoms with E-state index in [0.717, 1.165) is 13.1 Å². The van der Waals surface area contributed by atoms with E-state index in [1.165, 1.54) is 25.9 Å². The van der Waals surface area contributed by atoms with Crippen LogP contribution in [-0.2, 0) is 13.0 Å². The van der Waals surface area contributed by atoms with Gasteiger partial charge in [0, 0.05) is 37.1 Å². The van der Waals surface area contributed by atoms with Crippen molar-refractivity contribution in [2.45, 2.75) is 39.3 Å². The lowest BCUT2D eigenvalue weighted by Crippen LogP contribution is -2.38. The van der Waals surface area contributed by atoms with Crippen LogP contribution in [-0.4, -0.2) is 30.6 Å². The first-order valence-electron chi connectivity index (χ1n) is 6.30. The van der Waals surface area contributed by atoms with E-state index in [2.05, 4.69) is 35.5 Å². The third kappa shape index (κ3) is 3.06. The third-order valence-electron chi connectivity index (χ3n) is 3.42. The minimum absolute atomic E-state index is 0.654. The lowest BCUT2D eigenvalue weighted by Gasteiger charge is -2.27. The van der Waals surface area contributed by atoms with Crippen LogP contribution in [0.15, 0.2) is 11.4 Å². The summed E-state index contributed by atoms with van der Waals surface area (Å²) in [4.78, 5) is 4.16. The molecule has 0 bridgehead atoms. The molecule has 0 aromatic carbocycles. The van der Waals surface area contributed by atoms with Crippen LogP contribution in [0.3, 0.4) is 0 Å². The molecule has 1 unspecified atom stereocenters. The van der Waals surface area contributed by atoms with Crippen LogP contribution in [0.25, 0.3) is 0 Å². The van der Waals surface area contributed by atoms with Crippen LogP contribution >= 0.6 is 11.3 Å². The molecule has 0 aliphatic carbocycles. The van der Waals surface area contributed by atoms with Crippen LogP contribution in [0.4, 0.5) is 0 Å². The van der Waals surface area contributed by atoms with Crippen molar-refractivity contribution in [3.8, 4) is 0 Å². The van der Waals surface area contributed by atoms with Crippen molar-refractivity contribution in [2.24, 2.45) is 0 Å². The number of fused-ring (bicyclic) bond motifs is 1. The highest BCUT2D eigenvalue weighted by Crippen LogP contribution is 2.23. The van der Waals surface area contributed by atoms with Crippen molar-refractivity contribution in [2.75, 3.05) is 19.6 Å². The van der Waals surface area contributed by atoms with Crippen molar-refractivity contribution >= 4 is 11.3 Å². The molecule has 0 radical (unpaired) electrons. The van der Waals surface area contributed by atoms with Gasteiger partial charge in [0.25, 0.3) is 0 Å². The second kappa shape index (κ2) is 5.80. The number of thiophene rings is 1. The van der Waals surface area contributed by atoms with E-state index in [0.29, 0.717) is 6.04 Å². The highest BCUT2D eigenvalue weighted by molar-refractivity contribution is 7.10. The van der Waals surface area contributed by atoms with Gasteiger partial charge >= 0.3 is 0 Å². The topological polar surface area (TPSA) is 15.3 Å². The molecule has 1 N–H and O–H groups in total. The van der Waals surface area contributed by atoms with E-state index >= 15 is 0 Å². The summed E-state index contributed by atoms with van der Waals surface area (Å²) in [5, 5.41) is 5.79. The Morgan fingerprint density at radius 3 is 3.25 bits per heavy atom. The zero-order chi connectivity index (χ0) is 11.4. The third-order valence-corrected chi connectivity index (χ3v) is 4.44. The van der Waals surface area contributed by atoms with Crippen LogP contribution in [0.2, 0.25) is 0 Å². The van der Waals surface area contributed by atoms with Gasteiger partial charge in [-0.2, -0.15) is 0 Å². The monoisotopic (exact) mass is 238 g/mol. The minimum Gasteiger partial charge on any atom is -0.313 e. The molecule has 0 amide bonds. The first-order chi connectivity index (χ1) is 7.79. The van der Waals surface area contributed by atoms with Crippen molar-refractivity contribution in [1.29, 1.82) is 0 Å². The highest BCUT2D eigenvalue weighted by atomic mass is 32.1. The van der Waals surface area contributed by atoms with E-state index in [4.69, 9.17) is 0 Å². The van der Waals surface area contributed by atoms with Crippen molar-refractivity contribution in [3.63, 3.8) is 0 Å². The molecule has 2 heterocycles. The molecule has 0 fully saturated rings. The molecule has 16 heavy (non-hydrogen) atoms. The Labute approximate surface area is 103 Å². The summed E-state index contributed by atoms with van der Waals surface area (Å²) in [7, 11) is 0. The number of nitrogens with one attached hydrogen (secondary N) is 1. The van der Waals surface area contributed by atoms with Crippen LogP contribution in [0.1, 0.15) is 30.7 Å². The highest BCUT2D eigenvalue weighted by Gasteiger charge is 2.16. The zero-order valence-electron chi connectivity index (χ0n) is 10.3. The Balaban J connectivity index is 1.73. The Bertz CT molecular complexity index is 321. The molecule has 1 atom stereocenters. The fourth-order valence-corrected chi connectivity index (χ4v) is 3.00. The van der Waals surface area contributed by atoms with E-state index < -0.39 is 0 Å².